The van der Waals surface area contributed by atoms with Gasteiger partial charge in [0.15, 0.2) is 0 Å². The molecule has 1 amide bonds. The number of aromatic nitrogens is 1. The Morgan fingerprint density at radius 2 is 1.89 bits per heavy atom. The number of amides is 1. The van der Waals surface area contributed by atoms with Crippen LogP contribution in [0, 0.1) is 11.3 Å². The summed E-state index contributed by atoms with van der Waals surface area (Å²) in [6.45, 7) is 2.75. The van der Waals surface area contributed by atoms with Crippen LogP contribution >= 0.6 is 11.8 Å². The average Bonchev–Trinajstić information content (AvgIpc) is 2.64. The number of alkyl halides is 3. The number of aryl methyl sites for hydroxylation is 1. The first-order chi connectivity index (χ1) is 12.8. The number of fused-ring (bicyclic) bond motifs is 1. The molecule has 2 heterocycles. The largest absolute Gasteiger partial charge is 0.418 e. The number of pyridine rings is 1. The summed E-state index contributed by atoms with van der Waals surface area (Å²) in [6, 6.07) is 1.70. The Labute approximate surface area is 160 Å². The summed E-state index contributed by atoms with van der Waals surface area (Å²) in [6.07, 6.45) is -2.39. The molecule has 0 bridgehead atoms. The fraction of sp³-hybridized carbons (Fsp3) is 0.611. The summed E-state index contributed by atoms with van der Waals surface area (Å²) in [5.74, 6) is -0.147. The smallest absolute Gasteiger partial charge is 0.339 e. The lowest BCUT2D eigenvalue weighted by Crippen LogP contribution is -2.47. The molecule has 0 N–H and O–H groups in total. The Morgan fingerprint density at radius 1 is 1.22 bits per heavy atom. The van der Waals surface area contributed by atoms with Gasteiger partial charge in [0, 0.05) is 31.9 Å². The van der Waals surface area contributed by atoms with E-state index in [4.69, 9.17) is 0 Å². The van der Waals surface area contributed by atoms with E-state index >= 15 is 0 Å². The third-order valence-corrected chi connectivity index (χ3v) is 5.98. The van der Waals surface area contributed by atoms with Gasteiger partial charge < -0.3 is 9.80 Å². The van der Waals surface area contributed by atoms with Crippen LogP contribution in [-0.2, 0) is 23.8 Å². The molecule has 0 spiro atoms. The normalized spacial score (nSPS) is 18.1. The van der Waals surface area contributed by atoms with E-state index in [1.165, 1.54) is 0 Å². The average molecular weight is 398 g/mol. The van der Waals surface area contributed by atoms with Crippen molar-refractivity contribution in [2.24, 2.45) is 0 Å². The number of hydrogen-bond acceptors (Lipinski definition) is 5. The van der Waals surface area contributed by atoms with Crippen LogP contribution in [0.5, 0.6) is 0 Å². The lowest BCUT2D eigenvalue weighted by molar-refractivity contribution is -0.138. The maximum absolute atomic E-state index is 13.7. The first-order valence-electron chi connectivity index (χ1n) is 8.93. The quantitative estimate of drug-likeness (QED) is 0.733. The summed E-state index contributed by atoms with van der Waals surface area (Å²) in [4.78, 5) is 20.6. The molecule has 9 heteroatoms. The van der Waals surface area contributed by atoms with Crippen molar-refractivity contribution in [2.45, 2.75) is 36.9 Å². The number of thioether (sulfide) groups is 1. The van der Waals surface area contributed by atoms with Gasteiger partial charge in [0.25, 0.3) is 0 Å². The molecule has 5 nitrogen and oxygen atoms in total. The van der Waals surface area contributed by atoms with Gasteiger partial charge in [0.05, 0.1) is 16.9 Å². The Balaban J connectivity index is 1.85. The van der Waals surface area contributed by atoms with Crippen LogP contribution in [0.2, 0.25) is 0 Å². The number of likely N-dealkylation sites (N-methyl/N-ethyl adjacent to an activating group) is 1. The zero-order valence-corrected chi connectivity index (χ0v) is 15.9. The number of carbonyl (C=O) groups is 1. The molecule has 0 aromatic carbocycles. The van der Waals surface area contributed by atoms with Crippen molar-refractivity contribution in [1.82, 2.24) is 14.8 Å². The minimum Gasteiger partial charge on any atom is -0.339 e. The number of piperazine rings is 1. The van der Waals surface area contributed by atoms with Gasteiger partial charge in [0.1, 0.15) is 11.1 Å². The Hall–Kier alpha value is -1.79. The number of nitriles is 1. The standard InChI is InChI=1S/C18H21F3N4OS/c1-24-6-8-25(9-7-24)15(26)11-27-17-13(10-22)16(18(19,20)21)12-4-2-3-5-14(12)23-17/h2-9,11H2,1H3. The van der Waals surface area contributed by atoms with E-state index in [9.17, 15) is 23.2 Å². The Kier molecular flexibility index (Phi) is 5.96. The highest BCUT2D eigenvalue weighted by Gasteiger charge is 2.40. The number of hydrogen-bond donors (Lipinski definition) is 0. The first kappa shape index (κ1) is 20.0. The molecule has 0 atom stereocenters. The molecule has 1 fully saturated rings. The topological polar surface area (TPSA) is 60.2 Å². The van der Waals surface area contributed by atoms with Gasteiger partial charge in [-0.05, 0) is 38.3 Å². The predicted molar refractivity (Wildman–Crippen MR) is 95.4 cm³/mol. The third kappa shape index (κ3) is 4.38. The summed E-state index contributed by atoms with van der Waals surface area (Å²) in [5.41, 5.74) is -0.731. The van der Waals surface area contributed by atoms with Crippen LogP contribution < -0.4 is 0 Å². The van der Waals surface area contributed by atoms with Crippen LogP contribution in [0.1, 0.15) is 35.2 Å². The van der Waals surface area contributed by atoms with E-state index in [-0.39, 0.29) is 28.7 Å². The zero-order valence-electron chi connectivity index (χ0n) is 15.1. The molecule has 1 saturated heterocycles. The Morgan fingerprint density at radius 3 is 2.52 bits per heavy atom. The zero-order chi connectivity index (χ0) is 19.6. The van der Waals surface area contributed by atoms with E-state index in [0.29, 0.717) is 31.6 Å². The Bertz CT molecular complexity index is 767. The maximum Gasteiger partial charge on any atom is 0.418 e. The highest BCUT2D eigenvalue weighted by Crippen LogP contribution is 2.41. The van der Waals surface area contributed by atoms with Gasteiger partial charge in [-0.2, -0.15) is 18.4 Å². The van der Waals surface area contributed by atoms with Crippen molar-refractivity contribution in [2.75, 3.05) is 39.0 Å². The summed E-state index contributed by atoms with van der Waals surface area (Å²) in [7, 11) is 1.98. The molecule has 1 aliphatic carbocycles. The van der Waals surface area contributed by atoms with Gasteiger partial charge >= 0.3 is 6.18 Å². The van der Waals surface area contributed by atoms with E-state index in [1.807, 2.05) is 7.05 Å². The molecule has 0 radical (unpaired) electrons. The molecule has 1 aromatic heterocycles. The molecule has 0 unspecified atom stereocenters. The lowest BCUT2D eigenvalue weighted by atomic mass is 9.90. The van der Waals surface area contributed by atoms with Gasteiger partial charge in [0.2, 0.25) is 5.91 Å². The van der Waals surface area contributed by atoms with Crippen LogP contribution in [0.15, 0.2) is 5.03 Å². The summed E-state index contributed by atoms with van der Waals surface area (Å²) in [5, 5.41) is 9.42. The summed E-state index contributed by atoms with van der Waals surface area (Å²) >= 11 is 0.939. The van der Waals surface area contributed by atoms with Gasteiger partial charge in [-0.1, -0.05) is 11.8 Å². The van der Waals surface area contributed by atoms with Crippen LogP contribution in [0.4, 0.5) is 13.2 Å². The molecule has 2 aliphatic rings. The van der Waals surface area contributed by atoms with E-state index < -0.39 is 17.3 Å². The van der Waals surface area contributed by atoms with E-state index in [1.54, 1.807) is 11.0 Å². The van der Waals surface area contributed by atoms with Crippen LogP contribution in [0.25, 0.3) is 0 Å². The summed E-state index contributed by atoms with van der Waals surface area (Å²) < 4.78 is 41.0. The van der Waals surface area contributed by atoms with Crippen molar-refractivity contribution in [3.05, 3.63) is 22.4 Å². The van der Waals surface area contributed by atoms with Crippen molar-refractivity contribution >= 4 is 17.7 Å². The second-order valence-electron chi connectivity index (χ2n) is 6.88. The molecule has 146 valence electrons. The molecule has 0 saturated carbocycles. The first-order valence-corrected chi connectivity index (χ1v) is 9.92. The monoisotopic (exact) mass is 398 g/mol. The second kappa shape index (κ2) is 8.07. The highest BCUT2D eigenvalue weighted by atomic mass is 32.2. The molecule has 3 rings (SSSR count). The maximum atomic E-state index is 13.7. The van der Waals surface area contributed by atoms with Gasteiger partial charge in [-0.3, -0.25) is 4.79 Å². The number of nitrogens with zero attached hydrogens (tertiary/aromatic N) is 4. The van der Waals surface area contributed by atoms with E-state index in [0.717, 1.165) is 31.3 Å². The predicted octanol–water partition coefficient (Wildman–Crippen LogP) is 2.72. The number of carbonyl (C=O) groups excluding carboxylic acids is 1. The molecular weight excluding hydrogens is 377 g/mol. The SMILES string of the molecule is CN1CCN(C(=O)CSc2nc3c(c(C(F)(F)F)c2C#N)CCCC3)CC1. The third-order valence-electron chi connectivity index (χ3n) is 5.02. The molecular formula is C18H21F3N4OS. The number of rotatable bonds is 3. The second-order valence-corrected chi connectivity index (χ2v) is 7.85. The fourth-order valence-corrected chi connectivity index (χ4v) is 4.43. The molecule has 27 heavy (non-hydrogen) atoms. The minimum atomic E-state index is -4.60. The lowest BCUT2D eigenvalue weighted by Gasteiger charge is -2.32. The highest BCUT2D eigenvalue weighted by molar-refractivity contribution is 8.00. The number of halogens is 3. The van der Waals surface area contributed by atoms with Gasteiger partial charge in [-0.25, -0.2) is 4.98 Å². The minimum absolute atomic E-state index is 0.0124. The van der Waals surface area contributed by atoms with Gasteiger partial charge in [-0.15, -0.1) is 0 Å². The van der Waals surface area contributed by atoms with E-state index in [2.05, 4.69) is 9.88 Å². The van der Waals surface area contributed by atoms with Crippen molar-refractivity contribution < 1.29 is 18.0 Å². The van der Waals surface area contributed by atoms with Crippen molar-refractivity contribution in [3.8, 4) is 6.07 Å². The molecule has 1 aromatic rings. The van der Waals surface area contributed by atoms with Crippen molar-refractivity contribution in [3.63, 3.8) is 0 Å². The fourth-order valence-electron chi connectivity index (χ4n) is 3.52. The van der Waals surface area contributed by atoms with Crippen molar-refractivity contribution in [1.29, 1.82) is 5.26 Å². The van der Waals surface area contributed by atoms with Crippen LogP contribution in [-0.4, -0.2) is 59.7 Å². The molecule has 1 aliphatic heterocycles. The van der Waals surface area contributed by atoms with Crippen LogP contribution in [0.3, 0.4) is 0 Å².